The van der Waals surface area contributed by atoms with Crippen molar-refractivity contribution in [3.8, 4) is 0 Å². The highest BCUT2D eigenvalue weighted by atomic mass is 79.9. The Morgan fingerprint density at radius 3 is 1.97 bits per heavy atom. The molecule has 1 aliphatic rings. The molecule has 2 nitrogen and oxygen atoms in total. The second kappa shape index (κ2) is 13.7. The Morgan fingerprint density at radius 2 is 1.40 bits per heavy atom. The van der Waals surface area contributed by atoms with Crippen LogP contribution in [0, 0.1) is 0 Å². The summed E-state index contributed by atoms with van der Waals surface area (Å²) in [6.45, 7) is 7.15. The second-order valence-electron chi connectivity index (χ2n) is 9.78. The van der Waals surface area contributed by atoms with Crippen LogP contribution in [0.5, 0.6) is 0 Å². The van der Waals surface area contributed by atoms with Crippen LogP contribution >= 0.6 is 15.9 Å². The van der Waals surface area contributed by atoms with Crippen molar-refractivity contribution in [2.24, 2.45) is 0 Å². The van der Waals surface area contributed by atoms with Gasteiger partial charge in [-0.15, -0.1) is 0 Å². The van der Waals surface area contributed by atoms with Gasteiger partial charge < -0.3 is 4.90 Å². The van der Waals surface area contributed by atoms with E-state index in [-0.39, 0.29) is 0 Å². The van der Waals surface area contributed by atoms with Crippen LogP contribution in [0.4, 0.5) is 5.69 Å². The van der Waals surface area contributed by atoms with E-state index in [2.05, 4.69) is 59.4 Å². The molecule has 1 heterocycles. The highest BCUT2D eigenvalue weighted by Crippen LogP contribution is 2.34. The van der Waals surface area contributed by atoms with Gasteiger partial charge in [-0.3, -0.25) is 4.79 Å². The Bertz CT molecular complexity index is 632. The third-order valence-corrected chi connectivity index (χ3v) is 11.5. The molecule has 0 fully saturated rings. The smallest absolute Gasteiger partial charge is 0.231 e. The summed E-state index contributed by atoms with van der Waals surface area (Å²) >= 11 is 3.61. The van der Waals surface area contributed by atoms with E-state index in [9.17, 15) is 4.79 Å². The number of hydrogen-bond donors (Lipinski definition) is 0. The van der Waals surface area contributed by atoms with E-state index in [1.54, 1.807) is 0 Å². The molecule has 1 aromatic rings. The van der Waals surface area contributed by atoms with Crippen LogP contribution in [0.2, 0.25) is 18.6 Å². The Hall–Kier alpha value is -0.613. The number of amides is 1. The first-order chi connectivity index (χ1) is 14.5. The van der Waals surface area contributed by atoms with Crippen molar-refractivity contribution in [2.45, 2.75) is 116 Å². The van der Waals surface area contributed by atoms with Crippen LogP contribution in [-0.2, 0) is 11.2 Å². The summed E-state index contributed by atoms with van der Waals surface area (Å²) in [5.41, 5.74) is 2.37. The van der Waals surface area contributed by atoms with Crippen LogP contribution in [0.3, 0.4) is 0 Å². The number of carbonyl (C=O) groups excluding carboxylic acids is 1. The van der Waals surface area contributed by atoms with E-state index < -0.39 is 8.07 Å². The maximum Gasteiger partial charge on any atom is 0.231 e. The number of carbonyl (C=O) groups is 1. The molecule has 1 aromatic carbocycles. The molecule has 0 unspecified atom stereocenters. The van der Waals surface area contributed by atoms with Gasteiger partial charge in [-0.1, -0.05) is 132 Å². The zero-order chi connectivity index (χ0) is 21.8. The van der Waals surface area contributed by atoms with Crippen molar-refractivity contribution in [2.75, 3.05) is 11.1 Å². The molecule has 2 rings (SSSR count). The SMILES string of the molecule is CCCCCCCC[Si](C)(CCCCCCCC)CN1C(=O)Cc2ccc(Br)cc21. The van der Waals surface area contributed by atoms with Crippen LogP contribution < -0.4 is 4.90 Å². The number of hydrogen-bond acceptors (Lipinski definition) is 1. The molecule has 0 atom stereocenters. The van der Waals surface area contributed by atoms with Crippen LogP contribution in [0.1, 0.15) is 96.5 Å². The normalized spacial score (nSPS) is 13.9. The maximum absolute atomic E-state index is 12.8. The molecular weight excluding hydrogens is 450 g/mol. The molecular formula is C26H44BrNOSi. The fraction of sp³-hybridized carbons (Fsp3) is 0.731. The summed E-state index contributed by atoms with van der Waals surface area (Å²) < 4.78 is 1.08. The molecule has 0 N–H and O–H groups in total. The number of nitrogens with zero attached hydrogens (tertiary/aromatic N) is 1. The largest absolute Gasteiger partial charge is 0.315 e. The number of rotatable bonds is 16. The molecule has 0 aromatic heterocycles. The number of halogens is 1. The van der Waals surface area contributed by atoms with Crippen LogP contribution in [0.15, 0.2) is 22.7 Å². The van der Waals surface area contributed by atoms with E-state index in [1.165, 1.54) is 100 Å². The Morgan fingerprint density at radius 1 is 0.867 bits per heavy atom. The Labute approximate surface area is 195 Å². The molecule has 0 spiro atoms. The van der Waals surface area contributed by atoms with Gasteiger partial charge in [-0.25, -0.2) is 0 Å². The van der Waals surface area contributed by atoms with Gasteiger partial charge >= 0.3 is 0 Å². The van der Waals surface area contributed by atoms with E-state index in [1.807, 2.05) is 0 Å². The van der Waals surface area contributed by atoms with E-state index in [4.69, 9.17) is 0 Å². The lowest BCUT2D eigenvalue weighted by molar-refractivity contribution is -0.117. The molecule has 1 amide bonds. The quantitative estimate of drug-likeness (QED) is 0.166. The standard InChI is InChI=1S/C26H44BrNOSi/c1-4-6-8-10-12-14-18-30(3,19-15-13-11-9-7-5-2)22-28-25-21-24(27)17-16-23(25)20-26(28)29/h16-17,21H,4-15,18-20,22H2,1-3H3. The monoisotopic (exact) mass is 493 g/mol. The number of fused-ring (bicyclic) bond motifs is 1. The van der Waals surface area contributed by atoms with E-state index in [0.29, 0.717) is 12.3 Å². The van der Waals surface area contributed by atoms with Crippen molar-refractivity contribution < 1.29 is 4.79 Å². The molecule has 0 radical (unpaired) electrons. The van der Waals surface area contributed by atoms with Gasteiger partial charge in [0.25, 0.3) is 0 Å². The summed E-state index contributed by atoms with van der Waals surface area (Å²) in [7, 11) is -1.49. The number of unbranched alkanes of at least 4 members (excludes halogenated alkanes) is 10. The summed E-state index contributed by atoms with van der Waals surface area (Å²) in [6.07, 6.45) is 18.0. The van der Waals surface area contributed by atoms with Crippen LogP contribution in [0.25, 0.3) is 0 Å². The first-order valence-corrected chi connectivity index (χ1v) is 16.5. The topological polar surface area (TPSA) is 20.3 Å². The summed E-state index contributed by atoms with van der Waals surface area (Å²) in [4.78, 5) is 15.0. The molecule has 0 saturated carbocycles. The van der Waals surface area contributed by atoms with Crippen LogP contribution in [-0.4, -0.2) is 20.1 Å². The van der Waals surface area contributed by atoms with Gasteiger partial charge in [0.15, 0.2) is 0 Å². The minimum Gasteiger partial charge on any atom is -0.315 e. The molecule has 30 heavy (non-hydrogen) atoms. The molecule has 4 heteroatoms. The lowest BCUT2D eigenvalue weighted by Crippen LogP contribution is -2.46. The zero-order valence-corrected chi connectivity index (χ0v) is 22.4. The number of benzene rings is 1. The molecule has 0 saturated heterocycles. The van der Waals surface area contributed by atoms with Gasteiger partial charge in [0.2, 0.25) is 5.91 Å². The van der Waals surface area contributed by atoms with Gasteiger partial charge in [0.1, 0.15) is 0 Å². The predicted molar refractivity (Wildman–Crippen MR) is 138 cm³/mol. The Balaban J connectivity index is 1.96. The van der Waals surface area contributed by atoms with Crippen molar-refractivity contribution in [1.29, 1.82) is 0 Å². The van der Waals surface area contributed by atoms with Gasteiger partial charge in [-0.2, -0.15) is 0 Å². The first kappa shape index (κ1) is 25.6. The molecule has 1 aliphatic heterocycles. The van der Waals surface area contributed by atoms with Crippen molar-refractivity contribution in [3.05, 3.63) is 28.2 Å². The van der Waals surface area contributed by atoms with Gasteiger partial charge in [-0.05, 0) is 17.7 Å². The fourth-order valence-corrected chi connectivity index (χ4v) is 9.07. The van der Waals surface area contributed by atoms with Crippen molar-refractivity contribution >= 4 is 35.6 Å². The summed E-state index contributed by atoms with van der Waals surface area (Å²) in [6, 6.07) is 9.10. The average molecular weight is 495 g/mol. The minimum absolute atomic E-state index is 0.313. The lowest BCUT2D eigenvalue weighted by Gasteiger charge is -2.33. The summed E-state index contributed by atoms with van der Waals surface area (Å²) in [5, 5.41) is 0. The lowest BCUT2D eigenvalue weighted by atomic mass is 10.1. The average Bonchev–Trinajstić information content (AvgIpc) is 3.02. The van der Waals surface area contributed by atoms with Gasteiger partial charge in [0.05, 0.1) is 14.5 Å². The molecule has 0 aliphatic carbocycles. The first-order valence-electron chi connectivity index (χ1n) is 12.6. The van der Waals surface area contributed by atoms with Crippen molar-refractivity contribution in [3.63, 3.8) is 0 Å². The highest BCUT2D eigenvalue weighted by Gasteiger charge is 2.35. The number of anilines is 1. The maximum atomic E-state index is 12.8. The zero-order valence-electron chi connectivity index (χ0n) is 19.8. The van der Waals surface area contributed by atoms with Gasteiger partial charge in [0, 0.05) is 16.3 Å². The highest BCUT2D eigenvalue weighted by molar-refractivity contribution is 9.10. The molecule has 0 bridgehead atoms. The third-order valence-electron chi connectivity index (χ3n) is 6.79. The van der Waals surface area contributed by atoms with E-state index in [0.717, 1.165) is 10.6 Å². The second-order valence-corrected chi connectivity index (χ2v) is 15.6. The van der Waals surface area contributed by atoms with E-state index >= 15 is 0 Å². The fourth-order valence-electron chi connectivity index (χ4n) is 4.83. The predicted octanol–water partition coefficient (Wildman–Crippen LogP) is 8.68. The van der Waals surface area contributed by atoms with Crippen molar-refractivity contribution in [1.82, 2.24) is 0 Å². The third kappa shape index (κ3) is 8.49. The summed E-state index contributed by atoms with van der Waals surface area (Å²) in [5.74, 6) is 0.313. The molecule has 170 valence electrons. The Kier molecular flexibility index (Phi) is 11.7. The minimum atomic E-state index is -1.49.